The summed E-state index contributed by atoms with van der Waals surface area (Å²) in [6.07, 6.45) is 0. The van der Waals surface area contributed by atoms with Gasteiger partial charge in [0, 0.05) is 12.6 Å². The molecule has 0 saturated heterocycles. The normalized spacial score (nSPS) is 9.57. The first-order valence-electron chi connectivity index (χ1n) is 6.92. The zero-order valence-corrected chi connectivity index (χ0v) is 13.2. The van der Waals surface area contributed by atoms with Crippen LogP contribution in [0, 0.1) is 6.92 Å². The number of aromatic nitrogens is 2. The number of aryl methyl sites for hydroxylation is 1. The van der Waals surface area contributed by atoms with Crippen LogP contribution < -0.4 is 4.74 Å². The molecular formula is C16H22N2O3. The topological polar surface area (TPSA) is 53.4 Å². The van der Waals surface area contributed by atoms with Gasteiger partial charge in [-0.3, -0.25) is 4.68 Å². The molecule has 1 heterocycles. The molecule has 0 saturated carbocycles. The Bertz CT molecular complexity index is 577. The fourth-order valence-corrected chi connectivity index (χ4v) is 1.85. The molecule has 0 aliphatic carbocycles. The molecule has 0 bridgehead atoms. The highest BCUT2D eigenvalue weighted by Crippen LogP contribution is 2.21. The molecule has 0 atom stereocenters. The largest absolute Gasteiger partial charge is 0.472 e. The Morgan fingerprint density at radius 2 is 1.86 bits per heavy atom. The van der Waals surface area contributed by atoms with Crippen LogP contribution in [0.4, 0.5) is 0 Å². The summed E-state index contributed by atoms with van der Waals surface area (Å²) >= 11 is 0. The Labute approximate surface area is 125 Å². The molecule has 0 radical (unpaired) electrons. The molecule has 0 N–H and O–H groups in total. The molecule has 0 spiro atoms. The van der Waals surface area contributed by atoms with Crippen molar-refractivity contribution in [1.29, 1.82) is 0 Å². The highest BCUT2D eigenvalue weighted by Gasteiger charge is 2.20. The fraction of sp³-hybridized carbons (Fsp3) is 0.375. The Morgan fingerprint density at radius 3 is 2.43 bits per heavy atom. The van der Waals surface area contributed by atoms with Crippen molar-refractivity contribution in [3.63, 3.8) is 0 Å². The van der Waals surface area contributed by atoms with E-state index in [-0.39, 0.29) is 0 Å². The van der Waals surface area contributed by atoms with Gasteiger partial charge in [-0.05, 0) is 12.5 Å². The van der Waals surface area contributed by atoms with Gasteiger partial charge in [-0.25, -0.2) is 4.79 Å². The zero-order chi connectivity index (χ0) is 15.8. The van der Waals surface area contributed by atoms with E-state index in [0.717, 1.165) is 5.56 Å². The maximum Gasteiger partial charge on any atom is 0.356 e. The van der Waals surface area contributed by atoms with Crippen molar-refractivity contribution in [3.05, 3.63) is 47.2 Å². The lowest BCUT2D eigenvalue weighted by Gasteiger charge is -2.03. The lowest BCUT2D eigenvalue weighted by molar-refractivity contribution is 0.0587. The first-order chi connectivity index (χ1) is 10.1. The van der Waals surface area contributed by atoms with Crippen LogP contribution in [-0.4, -0.2) is 22.9 Å². The molecule has 1 aromatic heterocycles. The second-order valence-electron chi connectivity index (χ2n) is 4.17. The predicted molar refractivity (Wildman–Crippen MR) is 81.4 cm³/mol. The minimum atomic E-state index is -0.415. The Morgan fingerprint density at radius 1 is 1.24 bits per heavy atom. The van der Waals surface area contributed by atoms with Crippen molar-refractivity contribution in [2.75, 3.05) is 7.11 Å². The fourth-order valence-electron chi connectivity index (χ4n) is 1.85. The molecule has 0 aliphatic rings. The average molecular weight is 290 g/mol. The van der Waals surface area contributed by atoms with Crippen LogP contribution in [0.3, 0.4) is 0 Å². The third kappa shape index (κ3) is 4.08. The molecule has 21 heavy (non-hydrogen) atoms. The second-order valence-corrected chi connectivity index (χ2v) is 4.17. The van der Waals surface area contributed by atoms with Crippen LogP contribution in [0.1, 0.15) is 35.5 Å². The van der Waals surface area contributed by atoms with Gasteiger partial charge >= 0.3 is 5.97 Å². The highest BCUT2D eigenvalue weighted by molar-refractivity contribution is 5.89. The number of carbonyl (C=O) groups excluding carboxylic acids is 1. The van der Waals surface area contributed by atoms with Gasteiger partial charge in [0.15, 0.2) is 5.69 Å². The van der Waals surface area contributed by atoms with Gasteiger partial charge in [-0.15, -0.1) is 5.10 Å². The number of carbonyl (C=O) groups is 1. The second kappa shape index (κ2) is 8.09. The third-order valence-corrected chi connectivity index (χ3v) is 2.84. The molecule has 114 valence electrons. The van der Waals surface area contributed by atoms with E-state index in [1.54, 1.807) is 14.0 Å². The van der Waals surface area contributed by atoms with E-state index in [1.165, 1.54) is 11.8 Å². The van der Waals surface area contributed by atoms with E-state index >= 15 is 0 Å². The van der Waals surface area contributed by atoms with Gasteiger partial charge in [0.1, 0.15) is 6.61 Å². The first kappa shape index (κ1) is 16.8. The highest BCUT2D eigenvalue weighted by atomic mass is 16.5. The van der Waals surface area contributed by atoms with Crippen LogP contribution in [0.5, 0.6) is 5.88 Å². The van der Waals surface area contributed by atoms with Gasteiger partial charge in [0.25, 0.3) is 0 Å². The summed E-state index contributed by atoms with van der Waals surface area (Å²) in [4.78, 5) is 11.6. The number of rotatable bonds is 4. The van der Waals surface area contributed by atoms with Crippen LogP contribution in [0.15, 0.2) is 30.3 Å². The van der Waals surface area contributed by atoms with E-state index in [2.05, 4.69) is 5.10 Å². The molecule has 0 fully saturated rings. The van der Waals surface area contributed by atoms with Crippen LogP contribution >= 0.6 is 0 Å². The van der Waals surface area contributed by atoms with E-state index < -0.39 is 5.97 Å². The standard InChI is InChI=1S/C14H16N2O3.C2H6/c1-10-12(14(17)18-3)16(2)15-13(10)19-9-11-7-5-4-6-8-11;1-2/h4-8H,9H2,1-3H3;1-2H3. The maximum absolute atomic E-state index is 11.6. The SMILES string of the molecule is CC.COC(=O)c1c(C)c(OCc2ccccc2)nn1C. The number of hydrogen-bond acceptors (Lipinski definition) is 4. The van der Waals surface area contributed by atoms with Crippen molar-refractivity contribution in [1.82, 2.24) is 9.78 Å². The minimum absolute atomic E-state index is 0.408. The van der Waals surface area contributed by atoms with Gasteiger partial charge in [-0.2, -0.15) is 0 Å². The van der Waals surface area contributed by atoms with Crippen LogP contribution in [-0.2, 0) is 18.4 Å². The van der Waals surface area contributed by atoms with Gasteiger partial charge in [-0.1, -0.05) is 44.2 Å². The van der Waals surface area contributed by atoms with E-state index in [1.807, 2.05) is 44.2 Å². The Kier molecular flexibility index (Phi) is 6.46. The molecule has 0 aliphatic heterocycles. The van der Waals surface area contributed by atoms with Crippen LogP contribution in [0.25, 0.3) is 0 Å². The summed E-state index contributed by atoms with van der Waals surface area (Å²) < 4.78 is 11.8. The number of esters is 1. The number of hydrogen-bond donors (Lipinski definition) is 0. The molecular weight excluding hydrogens is 268 g/mol. The van der Waals surface area contributed by atoms with Crippen molar-refractivity contribution < 1.29 is 14.3 Å². The number of methoxy groups -OCH3 is 1. The monoisotopic (exact) mass is 290 g/mol. The Hall–Kier alpha value is -2.30. The molecule has 0 amide bonds. The summed E-state index contributed by atoms with van der Waals surface area (Å²) in [5.41, 5.74) is 2.14. The molecule has 2 rings (SSSR count). The van der Waals surface area contributed by atoms with Crippen LogP contribution in [0.2, 0.25) is 0 Å². The molecule has 5 nitrogen and oxygen atoms in total. The number of ether oxygens (including phenoxy) is 2. The molecule has 5 heteroatoms. The molecule has 1 aromatic carbocycles. The summed E-state index contributed by atoms with van der Waals surface area (Å²) in [6, 6.07) is 9.79. The third-order valence-electron chi connectivity index (χ3n) is 2.84. The van der Waals surface area contributed by atoms with Crippen molar-refractivity contribution in [3.8, 4) is 5.88 Å². The quantitative estimate of drug-likeness (QED) is 0.812. The molecule has 0 unspecified atom stereocenters. The summed E-state index contributed by atoms with van der Waals surface area (Å²) in [5.74, 6) is 0.0359. The number of benzene rings is 1. The van der Waals surface area contributed by atoms with Gasteiger partial charge in [0.2, 0.25) is 5.88 Å². The smallest absolute Gasteiger partial charge is 0.356 e. The summed E-state index contributed by atoms with van der Waals surface area (Å²) in [7, 11) is 3.04. The van der Waals surface area contributed by atoms with E-state index in [4.69, 9.17) is 9.47 Å². The zero-order valence-electron chi connectivity index (χ0n) is 13.2. The predicted octanol–water partition coefficient (Wildman–Crippen LogP) is 3.12. The van der Waals surface area contributed by atoms with E-state index in [0.29, 0.717) is 23.7 Å². The molecule has 2 aromatic rings. The maximum atomic E-state index is 11.6. The lowest BCUT2D eigenvalue weighted by atomic mass is 10.2. The first-order valence-corrected chi connectivity index (χ1v) is 6.92. The average Bonchev–Trinajstić information content (AvgIpc) is 2.82. The van der Waals surface area contributed by atoms with Crippen molar-refractivity contribution in [2.45, 2.75) is 27.4 Å². The summed E-state index contributed by atoms with van der Waals surface area (Å²) in [6.45, 7) is 6.21. The van der Waals surface area contributed by atoms with Crippen molar-refractivity contribution >= 4 is 5.97 Å². The minimum Gasteiger partial charge on any atom is -0.472 e. The summed E-state index contributed by atoms with van der Waals surface area (Å²) in [5, 5.41) is 4.19. The van der Waals surface area contributed by atoms with Gasteiger partial charge < -0.3 is 9.47 Å². The van der Waals surface area contributed by atoms with E-state index in [9.17, 15) is 4.79 Å². The van der Waals surface area contributed by atoms with Crippen molar-refractivity contribution in [2.24, 2.45) is 7.05 Å². The lowest BCUT2D eigenvalue weighted by Crippen LogP contribution is -2.09. The Balaban J connectivity index is 0.00000106. The number of nitrogens with zero attached hydrogens (tertiary/aromatic N) is 2. The van der Waals surface area contributed by atoms with Gasteiger partial charge in [0.05, 0.1) is 7.11 Å².